The molecule has 4 aliphatic rings. The average molecular weight is 460 g/mol. The van der Waals surface area contributed by atoms with Gasteiger partial charge in [0, 0.05) is 21.9 Å². The Labute approximate surface area is 201 Å². The topological polar surface area (TPSA) is 64.6 Å². The largest absolute Gasteiger partial charge is 0.454 e. The molecule has 0 radical (unpaired) electrons. The zero-order valence-electron chi connectivity index (χ0n) is 20.3. The van der Waals surface area contributed by atoms with Crippen LogP contribution in [0.25, 0.3) is 0 Å². The summed E-state index contributed by atoms with van der Waals surface area (Å²) < 4.78 is 12.6. The van der Waals surface area contributed by atoms with Crippen molar-refractivity contribution >= 4 is 11.9 Å². The van der Waals surface area contributed by atoms with E-state index in [1.807, 2.05) is 36.4 Å². The fourth-order valence-electron chi connectivity index (χ4n) is 8.91. The highest BCUT2D eigenvalue weighted by molar-refractivity contribution is 5.90. The van der Waals surface area contributed by atoms with Crippen molar-refractivity contribution in [2.45, 2.75) is 70.2 Å². The van der Waals surface area contributed by atoms with Gasteiger partial charge in [0.25, 0.3) is 0 Å². The van der Waals surface area contributed by atoms with Crippen LogP contribution in [0.3, 0.4) is 0 Å². The summed E-state index contributed by atoms with van der Waals surface area (Å²) in [5.74, 6) is -0.00599. The molecule has 8 atom stereocenters. The van der Waals surface area contributed by atoms with Gasteiger partial charge in [0.1, 0.15) is 12.2 Å². The second-order valence-electron chi connectivity index (χ2n) is 12.0. The molecule has 2 heterocycles. The second kappa shape index (κ2) is 6.94. The van der Waals surface area contributed by atoms with Crippen molar-refractivity contribution in [3.63, 3.8) is 0 Å². The molecule has 0 aromatic heterocycles. The molecule has 5 nitrogen and oxygen atoms in total. The Balaban J connectivity index is 1.40. The molecule has 7 unspecified atom stereocenters. The molecule has 0 amide bonds. The van der Waals surface area contributed by atoms with Crippen LogP contribution < -0.4 is 5.32 Å². The second-order valence-corrected chi connectivity index (χ2v) is 12.0. The highest BCUT2D eigenvalue weighted by Gasteiger charge is 2.82. The Kier molecular flexibility index (Phi) is 4.46. The predicted molar refractivity (Wildman–Crippen MR) is 128 cm³/mol. The third kappa shape index (κ3) is 2.76. The van der Waals surface area contributed by atoms with Gasteiger partial charge in [-0.15, -0.1) is 0 Å². The Morgan fingerprint density at radius 1 is 0.706 bits per heavy atom. The number of ether oxygens (including phenoxy) is 2. The van der Waals surface area contributed by atoms with Crippen molar-refractivity contribution in [2.75, 3.05) is 0 Å². The predicted octanol–water partition coefficient (Wildman–Crippen LogP) is 5.01. The molecule has 6 rings (SSSR count). The molecule has 0 spiro atoms. The third-order valence-electron chi connectivity index (χ3n) is 9.69. The van der Waals surface area contributed by atoms with Gasteiger partial charge in [-0.2, -0.15) is 0 Å². The summed E-state index contributed by atoms with van der Waals surface area (Å²) in [6.45, 7) is 9.18. The Morgan fingerprint density at radius 3 is 1.47 bits per heavy atom. The lowest BCUT2D eigenvalue weighted by molar-refractivity contribution is -0.141. The lowest BCUT2D eigenvalue weighted by Crippen LogP contribution is -2.60. The van der Waals surface area contributed by atoms with Crippen molar-refractivity contribution in [3.05, 3.63) is 71.8 Å². The normalized spacial score (nSPS) is 43.5. The van der Waals surface area contributed by atoms with Crippen molar-refractivity contribution in [2.24, 2.45) is 22.7 Å². The summed E-state index contributed by atoms with van der Waals surface area (Å²) in [6, 6.07) is 18.2. The van der Waals surface area contributed by atoms with Crippen molar-refractivity contribution in [1.82, 2.24) is 5.32 Å². The smallest absolute Gasteiger partial charge is 0.338 e. The van der Waals surface area contributed by atoms with Gasteiger partial charge in [-0.25, -0.2) is 9.59 Å². The zero-order chi connectivity index (χ0) is 23.9. The van der Waals surface area contributed by atoms with Crippen LogP contribution in [0.2, 0.25) is 0 Å². The number of nitrogens with one attached hydrogen (secondary N) is 1. The maximum atomic E-state index is 13.2. The summed E-state index contributed by atoms with van der Waals surface area (Å²) in [7, 11) is 0. The minimum Gasteiger partial charge on any atom is -0.454 e. The van der Waals surface area contributed by atoms with E-state index in [2.05, 4.69) is 33.0 Å². The molecule has 178 valence electrons. The molecule has 2 aromatic rings. The molecule has 2 aliphatic carbocycles. The minimum atomic E-state index is -0.499. The molecule has 2 saturated carbocycles. The van der Waals surface area contributed by atoms with Gasteiger partial charge >= 0.3 is 11.9 Å². The number of benzene rings is 2. The van der Waals surface area contributed by atoms with Gasteiger partial charge in [-0.05, 0) is 69.2 Å². The lowest BCUT2D eigenvalue weighted by Gasteiger charge is -2.53. The molecular formula is C29H33NO4. The molecule has 1 N–H and O–H groups in total. The van der Waals surface area contributed by atoms with Crippen molar-refractivity contribution < 1.29 is 19.1 Å². The third-order valence-corrected chi connectivity index (χ3v) is 9.69. The van der Waals surface area contributed by atoms with E-state index in [0.29, 0.717) is 23.0 Å². The monoisotopic (exact) mass is 459 g/mol. The van der Waals surface area contributed by atoms with Crippen LogP contribution in [0.4, 0.5) is 0 Å². The minimum absolute atomic E-state index is 0.00224. The number of carbonyl (C=O) groups excluding carboxylic acids is 2. The van der Waals surface area contributed by atoms with E-state index < -0.39 is 12.2 Å². The van der Waals surface area contributed by atoms with Crippen molar-refractivity contribution in [1.29, 1.82) is 0 Å². The highest BCUT2D eigenvalue weighted by Crippen LogP contribution is 2.77. The molecule has 4 bridgehead atoms. The van der Waals surface area contributed by atoms with Crippen LogP contribution in [-0.4, -0.2) is 35.2 Å². The van der Waals surface area contributed by atoms with Crippen LogP contribution in [0, 0.1) is 22.7 Å². The summed E-state index contributed by atoms with van der Waals surface area (Å²) in [5, 5.41) is 3.96. The highest BCUT2D eigenvalue weighted by atomic mass is 16.6. The average Bonchev–Trinajstić information content (AvgIpc) is 3.44. The van der Waals surface area contributed by atoms with E-state index in [4.69, 9.17) is 9.47 Å². The molecule has 34 heavy (non-hydrogen) atoms. The molecule has 2 aliphatic heterocycles. The first kappa shape index (κ1) is 21.8. The first-order valence-corrected chi connectivity index (χ1v) is 12.4. The summed E-state index contributed by atoms with van der Waals surface area (Å²) >= 11 is 0. The van der Waals surface area contributed by atoms with E-state index >= 15 is 0 Å². The van der Waals surface area contributed by atoms with E-state index in [1.165, 1.54) is 0 Å². The molecule has 4 fully saturated rings. The number of esters is 2. The molecular weight excluding hydrogens is 426 g/mol. The molecule has 2 saturated heterocycles. The first-order valence-electron chi connectivity index (χ1n) is 12.4. The Bertz CT molecular complexity index is 1060. The maximum Gasteiger partial charge on any atom is 0.338 e. The van der Waals surface area contributed by atoms with Gasteiger partial charge in [0.05, 0.1) is 11.1 Å². The van der Waals surface area contributed by atoms with Crippen LogP contribution in [-0.2, 0) is 9.47 Å². The zero-order valence-corrected chi connectivity index (χ0v) is 20.3. The number of rotatable bonds is 4. The van der Waals surface area contributed by atoms with Crippen LogP contribution in [0.5, 0.6) is 0 Å². The first-order chi connectivity index (χ1) is 16.1. The van der Waals surface area contributed by atoms with Gasteiger partial charge < -0.3 is 14.8 Å². The van der Waals surface area contributed by atoms with Gasteiger partial charge in [-0.3, -0.25) is 0 Å². The lowest BCUT2D eigenvalue weighted by atomic mass is 9.53. The summed E-state index contributed by atoms with van der Waals surface area (Å²) in [6.07, 6.45) is 2.11. The maximum absolute atomic E-state index is 13.2. The standard InChI is InChI=1S/C29H33NO4/c1-26-17-27(2,21-20(26)28(3)15-16-29(21,4)30-28)23(34-25(32)19-13-9-6-10-14-19)22(26)33-24(31)18-11-7-5-8-12-18/h5-14,20-23,30H,15-17H2,1-4H3/t20?,21?,22?,23?,26-,27?,28?,29?/m1/s1. The van der Waals surface area contributed by atoms with Crippen molar-refractivity contribution in [3.8, 4) is 0 Å². The van der Waals surface area contributed by atoms with E-state index in [0.717, 1.165) is 19.3 Å². The van der Waals surface area contributed by atoms with E-state index in [1.54, 1.807) is 24.3 Å². The van der Waals surface area contributed by atoms with E-state index in [-0.39, 0.29) is 33.8 Å². The quantitative estimate of drug-likeness (QED) is 0.651. The van der Waals surface area contributed by atoms with Gasteiger partial charge in [0.2, 0.25) is 0 Å². The Morgan fingerprint density at radius 2 is 1.09 bits per heavy atom. The number of hydrogen-bond donors (Lipinski definition) is 1. The number of fused-ring (bicyclic) bond motifs is 9. The summed E-state index contributed by atoms with van der Waals surface area (Å²) in [5.41, 5.74) is 0.465. The van der Waals surface area contributed by atoms with Crippen LogP contribution in [0.15, 0.2) is 60.7 Å². The SMILES string of the molecule is CC12CCC(C)(N1)C1C2C2(C)C[C@@]1(C)C(OC(=O)c1ccccc1)C2OC(=O)c1ccccc1. The molecule has 5 heteroatoms. The number of carbonyl (C=O) groups is 2. The van der Waals surface area contributed by atoms with Gasteiger partial charge in [-0.1, -0.05) is 50.2 Å². The molecule has 2 aromatic carbocycles. The van der Waals surface area contributed by atoms with Crippen LogP contribution in [0.1, 0.15) is 67.7 Å². The van der Waals surface area contributed by atoms with E-state index in [9.17, 15) is 9.59 Å². The fraction of sp³-hybridized carbons (Fsp3) is 0.517. The van der Waals surface area contributed by atoms with Gasteiger partial charge in [0.15, 0.2) is 0 Å². The Hall–Kier alpha value is -2.66. The fourth-order valence-corrected chi connectivity index (χ4v) is 8.91. The summed E-state index contributed by atoms with van der Waals surface area (Å²) in [4.78, 5) is 26.5. The van der Waals surface area contributed by atoms with Crippen LogP contribution >= 0.6 is 0 Å². The number of hydrogen-bond acceptors (Lipinski definition) is 5.